The van der Waals surface area contributed by atoms with E-state index in [0.717, 1.165) is 35.9 Å². The second kappa shape index (κ2) is 8.39. The van der Waals surface area contributed by atoms with Crippen molar-refractivity contribution >= 4 is 39.2 Å². The number of thiophene rings is 1. The monoisotopic (exact) mass is 391 g/mol. The van der Waals surface area contributed by atoms with Gasteiger partial charge in [-0.15, -0.1) is 17.9 Å². The van der Waals surface area contributed by atoms with Crippen molar-refractivity contribution in [1.82, 2.24) is 14.9 Å². The highest BCUT2D eigenvalue weighted by Crippen LogP contribution is 2.34. The number of carbonyl (C=O) groups excluding carboxylic acids is 1. The lowest BCUT2D eigenvalue weighted by molar-refractivity contribution is -0.119. The van der Waals surface area contributed by atoms with Crippen molar-refractivity contribution in [3.05, 3.63) is 33.4 Å². The number of allylic oxidation sites excluding steroid dienone is 1. The Labute approximate surface area is 161 Å². The largest absolute Gasteiger partial charge is 0.353 e. The molecule has 1 aliphatic rings. The van der Waals surface area contributed by atoms with Gasteiger partial charge in [0, 0.05) is 17.5 Å². The summed E-state index contributed by atoms with van der Waals surface area (Å²) in [6.07, 6.45) is 6.91. The maximum absolute atomic E-state index is 13.1. The number of hydrogen-bond acceptors (Lipinski definition) is 5. The van der Waals surface area contributed by atoms with Crippen molar-refractivity contribution in [2.24, 2.45) is 0 Å². The van der Waals surface area contributed by atoms with Crippen LogP contribution in [0.3, 0.4) is 0 Å². The molecule has 2 aromatic heterocycles. The van der Waals surface area contributed by atoms with E-state index in [4.69, 9.17) is 4.98 Å². The minimum absolute atomic E-state index is 0.000801. The molecule has 140 valence electrons. The molecular weight excluding hydrogens is 366 g/mol. The zero-order valence-corrected chi connectivity index (χ0v) is 17.0. The number of aryl methyl sites for hydroxylation is 2. The molecule has 3 rings (SSSR count). The molecule has 0 unspecified atom stereocenters. The van der Waals surface area contributed by atoms with E-state index in [1.165, 1.54) is 28.6 Å². The fraction of sp³-hybridized carbons (Fsp3) is 0.526. The highest BCUT2D eigenvalue weighted by atomic mass is 32.2. The van der Waals surface area contributed by atoms with E-state index in [1.807, 2.05) is 13.8 Å². The molecule has 0 radical (unpaired) electrons. The van der Waals surface area contributed by atoms with E-state index >= 15 is 0 Å². The van der Waals surface area contributed by atoms with Crippen LogP contribution in [0.4, 0.5) is 0 Å². The Kier molecular flexibility index (Phi) is 6.19. The van der Waals surface area contributed by atoms with Gasteiger partial charge in [-0.2, -0.15) is 0 Å². The molecule has 1 aliphatic carbocycles. The van der Waals surface area contributed by atoms with Crippen LogP contribution >= 0.6 is 23.1 Å². The zero-order chi connectivity index (χ0) is 18.7. The fourth-order valence-electron chi connectivity index (χ4n) is 3.17. The third-order valence-corrected chi connectivity index (χ3v) is 6.87. The first-order valence-corrected chi connectivity index (χ1v) is 10.9. The van der Waals surface area contributed by atoms with Crippen LogP contribution in [-0.4, -0.2) is 27.3 Å². The van der Waals surface area contributed by atoms with E-state index < -0.39 is 0 Å². The van der Waals surface area contributed by atoms with Crippen molar-refractivity contribution in [3.63, 3.8) is 0 Å². The third-order valence-electron chi connectivity index (χ3n) is 4.70. The van der Waals surface area contributed by atoms with Gasteiger partial charge < -0.3 is 5.32 Å². The number of nitrogens with one attached hydrogen (secondary N) is 1. The smallest absolute Gasteiger partial charge is 0.263 e. The molecule has 1 atom stereocenters. The summed E-state index contributed by atoms with van der Waals surface area (Å²) in [5, 5.41) is 4.33. The Morgan fingerprint density at radius 1 is 1.46 bits per heavy atom. The molecule has 7 heteroatoms. The van der Waals surface area contributed by atoms with Gasteiger partial charge in [-0.1, -0.05) is 24.8 Å². The summed E-state index contributed by atoms with van der Waals surface area (Å²) in [5.41, 5.74) is 1.19. The Morgan fingerprint density at radius 3 is 2.96 bits per heavy atom. The summed E-state index contributed by atoms with van der Waals surface area (Å²) >= 11 is 2.96. The summed E-state index contributed by atoms with van der Waals surface area (Å²) in [7, 11) is 0. The standard InChI is InChI=1S/C19H25N3O2S2/c1-4-10-22-18(24)16-13-8-6-7-9-14(13)26-17(16)21-19(22)25-11-15(23)20-12(3)5-2/h4,12H,1,5-11H2,2-3H3,(H,20,23)/t12-/m1/s1. The molecule has 0 saturated heterocycles. The molecule has 0 fully saturated rings. The summed E-state index contributed by atoms with van der Waals surface area (Å²) in [5.74, 6) is 0.221. The molecule has 0 aromatic carbocycles. The number of aromatic nitrogens is 2. The summed E-state index contributed by atoms with van der Waals surface area (Å²) in [4.78, 5) is 32.1. The lowest BCUT2D eigenvalue weighted by atomic mass is 9.97. The van der Waals surface area contributed by atoms with Gasteiger partial charge in [0.1, 0.15) is 4.83 Å². The van der Waals surface area contributed by atoms with Gasteiger partial charge in [0.2, 0.25) is 5.91 Å². The highest BCUT2D eigenvalue weighted by molar-refractivity contribution is 7.99. The lowest BCUT2D eigenvalue weighted by Crippen LogP contribution is -2.33. The Hall–Kier alpha value is -1.60. The van der Waals surface area contributed by atoms with Gasteiger partial charge in [-0.25, -0.2) is 4.98 Å². The molecular formula is C19H25N3O2S2. The van der Waals surface area contributed by atoms with Crippen molar-refractivity contribution in [1.29, 1.82) is 0 Å². The van der Waals surface area contributed by atoms with Crippen LogP contribution in [0.5, 0.6) is 0 Å². The molecule has 0 bridgehead atoms. The Balaban J connectivity index is 1.94. The van der Waals surface area contributed by atoms with Gasteiger partial charge in [-0.3, -0.25) is 14.2 Å². The SMILES string of the molecule is C=CCn1c(SCC(=O)N[C@H](C)CC)nc2sc3c(c2c1=O)CCCC3. The first-order chi connectivity index (χ1) is 12.5. The van der Waals surface area contributed by atoms with Crippen LogP contribution in [0.15, 0.2) is 22.6 Å². The third kappa shape index (κ3) is 3.88. The van der Waals surface area contributed by atoms with Gasteiger partial charge >= 0.3 is 0 Å². The molecule has 1 amide bonds. The van der Waals surface area contributed by atoms with Crippen LogP contribution in [0.2, 0.25) is 0 Å². The summed E-state index contributed by atoms with van der Waals surface area (Å²) in [6, 6.07) is 0.151. The second-order valence-corrected chi connectivity index (χ2v) is 8.68. The van der Waals surface area contributed by atoms with Gasteiger partial charge in [0.25, 0.3) is 5.56 Å². The number of hydrogen-bond donors (Lipinski definition) is 1. The molecule has 0 spiro atoms. The first-order valence-electron chi connectivity index (χ1n) is 9.13. The predicted octanol–water partition coefficient (Wildman–Crippen LogP) is 3.53. The van der Waals surface area contributed by atoms with Crippen LogP contribution in [0.25, 0.3) is 10.2 Å². The van der Waals surface area contributed by atoms with E-state index in [-0.39, 0.29) is 23.3 Å². The van der Waals surface area contributed by atoms with Crippen LogP contribution in [0.1, 0.15) is 43.6 Å². The lowest BCUT2D eigenvalue weighted by Gasteiger charge is -2.13. The average Bonchev–Trinajstić information content (AvgIpc) is 3.01. The number of amides is 1. The quantitative estimate of drug-likeness (QED) is 0.445. The second-order valence-electron chi connectivity index (χ2n) is 6.66. The molecule has 5 nitrogen and oxygen atoms in total. The van der Waals surface area contributed by atoms with Gasteiger partial charge in [0.05, 0.1) is 11.1 Å². The topological polar surface area (TPSA) is 64.0 Å². The van der Waals surface area contributed by atoms with E-state index in [9.17, 15) is 9.59 Å². The predicted molar refractivity (Wildman–Crippen MR) is 109 cm³/mol. The molecule has 26 heavy (non-hydrogen) atoms. The highest BCUT2D eigenvalue weighted by Gasteiger charge is 2.22. The van der Waals surface area contributed by atoms with Crippen molar-refractivity contribution in [2.75, 3.05) is 5.75 Å². The molecule has 2 aromatic rings. The zero-order valence-electron chi connectivity index (χ0n) is 15.3. The fourth-order valence-corrected chi connectivity index (χ4v) is 5.29. The Morgan fingerprint density at radius 2 is 2.23 bits per heavy atom. The van der Waals surface area contributed by atoms with Crippen LogP contribution in [-0.2, 0) is 24.2 Å². The number of rotatable bonds is 7. The minimum atomic E-state index is -0.0330. The van der Waals surface area contributed by atoms with E-state index in [1.54, 1.807) is 22.0 Å². The molecule has 2 heterocycles. The van der Waals surface area contributed by atoms with Crippen molar-refractivity contribution in [3.8, 4) is 0 Å². The molecule has 0 saturated carbocycles. The van der Waals surface area contributed by atoms with Gasteiger partial charge in [-0.05, 0) is 44.6 Å². The van der Waals surface area contributed by atoms with Crippen molar-refractivity contribution in [2.45, 2.75) is 63.7 Å². The number of carbonyl (C=O) groups is 1. The van der Waals surface area contributed by atoms with Crippen LogP contribution in [0, 0.1) is 0 Å². The van der Waals surface area contributed by atoms with Gasteiger partial charge in [0.15, 0.2) is 5.16 Å². The average molecular weight is 392 g/mol. The number of thioether (sulfide) groups is 1. The summed E-state index contributed by atoms with van der Waals surface area (Å²) in [6.45, 7) is 8.19. The normalized spacial score (nSPS) is 14.8. The van der Waals surface area contributed by atoms with E-state index in [0.29, 0.717) is 11.7 Å². The van der Waals surface area contributed by atoms with Crippen molar-refractivity contribution < 1.29 is 4.79 Å². The molecule has 0 aliphatic heterocycles. The molecule has 1 N–H and O–H groups in total. The minimum Gasteiger partial charge on any atom is -0.353 e. The maximum Gasteiger partial charge on any atom is 0.263 e. The van der Waals surface area contributed by atoms with E-state index in [2.05, 4.69) is 11.9 Å². The summed E-state index contributed by atoms with van der Waals surface area (Å²) < 4.78 is 1.65. The Bertz CT molecular complexity index is 885. The van der Waals surface area contributed by atoms with Crippen LogP contribution < -0.4 is 10.9 Å². The maximum atomic E-state index is 13.1. The first kappa shape index (κ1) is 19.2. The number of nitrogens with zero attached hydrogens (tertiary/aromatic N) is 2. The number of fused-ring (bicyclic) bond motifs is 3.